The average Bonchev–Trinajstić information content (AvgIpc) is 3.36. The predicted molar refractivity (Wildman–Crippen MR) is 120 cm³/mol. The molecule has 170 valence electrons. The minimum atomic E-state index is -0.0984. The molecule has 2 amide bonds. The highest BCUT2D eigenvalue weighted by atomic mass is 16.5. The second-order valence-electron chi connectivity index (χ2n) is 9.45. The van der Waals surface area contributed by atoms with Crippen molar-refractivity contribution in [1.82, 2.24) is 15.1 Å². The zero-order valence-electron chi connectivity index (χ0n) is 19.2. The van der Waals surface area contributed by atoms with Crippen molar-refractivity contribution in [2.75, 3.05) is 26.2 Å². The van der Waals surface area contributed by atoms with Crippen LogP contribution in [0, 0.1) is 18.8 Å². The van der Waals surface area contributed by atoms with E-state index in [9.17, 15) is 9.59 Å². The van der Waals surface area contributed by atoms with E-state index in [1.165, 1.54) is 11.1 Å². The first-order valence-electron chi connectivity index (χ1n) is 12.0. The van der Waals surface area contributed by atoms with E-state index in [1.54, 1.807) is 0 Å². The Bertz CT molecular complexity index is 790. The van der Waals surface area contributed by atoms with Crippen LogP contribution in [0.2, 0.25) is 0 Å². The maximum Gasteiger partial charge on any atom is 0.225 e. The molecular formula is C25H37N3O3. The van der Waals surface area contributed by atoms with Gasteiger partial charge in [0.15, 0.2) is 0 Å². The molecule has 1 N–H and O–H groups in total. The van der Waals surface area contributed by atoms with Crippen LogP contribution in [-0.4, -0.2) is 66.0 Å². The van der Waals surface area contributed by atoms with Crippen LogP contribution in [0.3, 0.4) is 0 Å². The molecule has 4 atom stereocenters. The highest BCUT2D eigenvalue weighted by Crippen LogP contribution is 2.42. The molecule has 3 aliphatic rings. The summed E-state index contributed by atoms with van der Waals surface area (Å²) in [5.41, 5.74) is 2.62. The number of carbonyl (C=O) groups excluding carboxylic acids is 2. The van der Waals surface area contributed by atoms with Crippen LogP contribution in [0.4, 0.5) is 0 Å². The van der Waals surface area contributed by atoms with Crippen LogP contribution < -0.4 is 5.32 Å². The Balaban J connectivity index is 1.48. The van der Waals surface area contributed by atoms with Crippen LogP contribution in [0.25, 0.3) is 0 Å². The Labute approximate surface area is 186 Å². The summed E-state index contributed by atoms with van der Waals surface area (Å²) in [6.07, 6.45) is 3.06. The van der Waals surface area contributed by atoms with E-state index in [4.69, 9.17) is 4.74 Å². The molecule has 1 saturated carbocycles. The van der Waals surface area contributed by atoms with Crippen LogP contribution >= 0.6 is 0 Å². The minimum absolute atomic E-state index is 0.0984. The largest absolute Gasteiger partial charge is 0.376 e. The van der Waals surface area contributed by atoms with Gasteiger partial charge in [-0.2, -0.15) is 0 Å². The quantitative estimate of drug-likeness (QED) is 0.658. The third-order valence-corrected chi connectivity index (χ3v) is 7.35. The summed E-state index contributed by atoms with van der Waals surface area (Å²) in [6, 6.07) is 9.16. The number of benzene rings is 1. The molecular weight excluding hydrogens is 390 g/mol. The van der Waals surface area contributed by atoms with E-state index in [2.05, 4.69) is 41.4 Å². The Kier molecular flexibility index (Phi) is 6.97. The third kappa shape index (κ3) is 5.12. The molecule has 31 heavy (non-hydrogen) atoms. The highest BCUT2D eigenvalue weighted by molar-refractivity contribution is 5.77. The molecule has 2 heterocycles. The van der Waals surface area contributed by atoms with Gasteiger partial charge in [0.2, 0.25) is 11.8 Å². The van der Waals surface area contributed by atoms with E-state index in [0.717, 1.165) is 39.0 Å². The summed E-state index contributed by atoms with van der Waals surface area (Å²) in [5.74, 6) is 0.775. The molecule has 2 aliphatic heterocycles. The lowest BCUT2D eigenvalue weighted by molar-refractivity contribution is -0.133. The zero-order chi connectivity index (χ0) is 22.0. The van der Waals surface area contributed by atoms with E-state index >= 15 is 0 Å². The van der Waals surface area contributed by atoms with Crippen LogP contribution in [0.1, 0.15) is 50.7 Å². The van der Waals surface area contributed by atoms with Crippen molar-refractivity contribution in [3.05, 3.63) is 35.4 Å². The molecule has 3 fully saturated rings. The maximum absolute atomic E-state index is 12.8. The monoisotopic (exact) mass is 427 g/mol. The summed E-state index contributed by atoms with van der Waals surface area (Å²) in [7, 11) is 0. The number of nitrogens with zero attached hydrogens (tertiary/aromatic N) is 2. The normalized spacial score (nSPS) is 27.8. The van der Waals surface area contributed by atoms with Gasteiger partial charge in [0.25, 0.3) is 0 Å². The lowest BCUT2D eigenvalue weighted by Gasteiger charge is -2.26. The fraction of sp³-hybridized carbons (Fsp3) is 0.680. The van der Waals surface area contributed by atoms with Crippen molar-refractivity contribution in [2.24, 2.45) is 11.8 Å². The minimum Gasteiger partial charge on any atom is -0.376 e. The summed E-state index contributed by atoms with van der Waals surface area (Å²) < 4.78 is 6.21. The number of carbonyl (C=O) groups is 2. The maximum atomic E-state index is 12.8. The number of hydrogen-bond acceptors (Lipinski definition) is 4. The van der Waals surface area contributed by atoms with Gasteiger partial charge in [-0.1, -0.05) is 24.3 Å². The number of aryl methyl sites for hydroxylation is 1. The molecule has 1 aromatic rings. The van der Waals surface area contributed by atoms with Crippen LogP contribution in [-0.2, 0) is 20.9 Å². The van der Waals surface area contributed by atoms with Gasteiger partial charge < -0.3 is 15.0 Å². The van der Waals surface area contributed by atoms with E-state index in [-0.39, 0.29) is 35.8 Å². The molecule has 4 rings (SSSR count). The standard InChI is InChI=1S/C25H37N3O3/c1-4-27(5-2)24(30)13-22-25-19(12-23(29)26-20-10-11-20)15-28(21(25)16-31-22)14-18-9-7-6-8-17(18)3/h6-9,19-22,25H,4-5,10-16H2,1-3H3,(H,26,29)/t19-,21-,22+,25-/m1/s1. The Hall–Kier alpha value is -1.92. The average molecular weight is 428 g/mol. The topological polar surface area (TPSA) is 61.9 Å². The second-order valence-corrected chi connectivity index (χ2v) is 9.45. The zero-order valence-corrected chi connectivity index (χ0v) is 19.2. The first-order valence-corrected chi connectivity index (χ1v) is 12.0. The molecule has 6 heteroatoms. The molecule has 2 saturated heterocycles. The smallest absolute Gasteiger partial charge is 0.225 e. The van der Waals surface area contributed by atoms with Gasteiger partial charge in [-0.3, -0.25) is 14.5 Å². The molecule has 0 bridgehead atoms. The third-order valence-electron chi connectivity index (χ3n) is 7.35. The number of ether oxygens (including phenoxy) is 1. The first-order chi connectivity index (χ1) is 15.0. The van der Waals surface area contributed by atoms with Gasteiger partial charge in [0.05, 0.1) is 19.1 Å². The summed E-state index contributed by atoms with van der Waals surface area (Å²) in [4.78, 5) is 29.8. The van der Waals surface area contributed by atoms with Crippen LogP contribution in [0.5, 0.6) is 0 Å². The van der Waals surface area contributed by atoms with Crippen molar-refractivity contribution in [1.29, 1.82) is 0 Å². The fourth-order valence-electron chi connectivity index (χ4n) is 5.43. The Morgan fingerprint density at radius 2 is 1.90 bits per heavy atom. The number of hydrogen-bond donors (Lipinski definition) is 1. The van der Waals surface area contributed by atoms with E-state index in [0.29, 0.717) is 25.5 Å². The van der Waals surface area contributed by atoms with Crippen molar-refractivity contribution in [3.63, 3.8) is 0 Å². The van der Waals surface area contributed by atoms with Crippen LogP contribution in [0.15, 0.2) is 24.3 Å². The second kappa shape index (κ2) is 9.70. The molecule has 6 nitrogen and oxygen atoms in total. The highest BCUT2D eigenvalue weighted by Gasteiger charge is 2.51. The van der Waals surface area contributed by atoms with E-state index in [1.807, 2.05) is 18.7 Å². The van der Waals surface area contributed by atoms with Gasteiger partial charge in [-0.15, -0.1) is 0 Å². The number of rotatable bonds is 9. The van der Waals surface area contributed by atoms with Crippen molar-refractivity contribution in [3.8, 4) is 0 Å². The first kappa shape index (κ1) is 22.3. The Morgan fingerprint density at radius 1 is 1.16 bits per heavy atom. The fourth-order valence-corrected chi connectivity index (χ4v) is 5.43. The van der Waals surface area contributed by atoms with Gasteiger partial charge in [-0.05, 0) is 50.7 Å². The van der Waals surface area contributed by atoms with Gasteiger partial charge >= 0.3 is 0 Å². The summed E-state index contributed by atoms with van der Waals surface area (Å²) >= 11 is 0. The van der Waals surface area contributed by atoms with Crippen molar-refractivity contribution < 1.29 is 14.3 Å². The molecule has 1 aliphatic carbocycles. The lowest BCUT2D eigenvalue weighted by atomic mass is 9.84. The van der Waals surface area contributed by atoms with Gasteiger partial charge in [-0.25, -0.2) is 0 Å². The van der Waals surface area contributed by atoms with Crippen molar-refractivity contribution >= 4 is 11.8 Å². The molecule has 0 unspecified atom stereocenters. The molecule has 0 aromatic heterocycles. The molecule has 1 aromatic carbocycles. The number of likely N-dealkylation sites (tertiary alicyclic amines) is 1. The van der Waals surface area contributed by atoms with Gasteiger partial charge in [0.1, 0.15) is 0 Å². The Morgan fingerprint density at radius 3 is 2.58 bits per heavy atom. The van der Waals surface area contributed by atoms with E-state index < -0.39 is 0 Å². The summed E-state index contributed by atoms with van der Waals surface area (Å²) in [6.45, 7) is 10.0. The SMILES string of the molecule is CCN(CC)C(=O)C[C@@H]1OC[C@@H]2[C@H]1[C@H](CC(=O)NC1CC1)CN2Cc1ccccc1C. The molecule has 0 radical (unpaired) electrons. The molecule has 0 spiro atoms. The predicted octanol–water partition coefficient (Wildman–Crippen LogP) is 2.74. The van der Waals surface area contributed by atoms with Gasteiger partial charge in [0, 0.05) is 50.6 Å². The summed E-state index contributed by atoms with van der Waals surface area (Å²) in [5, 5.41) is 3.15. The number of amides is 2. The lowest BCUT2D eigenvalue weighted by Crippen LogP contribution is -2.37. The number of fused-ring (bicyclic) bond motifs is 1. The number of nitrogens with one attached hydrogen (secondary N) is 1. The van der Waals surface area contributed by atoms with Crippen molar-refractivity contribution in [2.45, 2.75) is 71.2 Å².